The van der Waals surface area contributed by atoms with Crippen LogP contribution in [0.15, 0.2) is 30.5 Å². The van der Waals surface area contributed by atoms with Gasteiger partial charge in [0.15, 0.2) is 0 Å². The maximum absolute atomic E-state index is 10.7. The van der Waals surface area contributed by atoms with E-state index in [9.17, 15) is 4.79 Å². The van der Waals surface area contributed by atoms with Gasteiger partial charge in [-0.1, -0.05) is 32.1 Å². The third-order valence-corrected chi connectivity index (χ3v) is 3.95. The van der Waals surface area contributed by atoms with Gasteiger partial charge >= 0.3 is 6.09 Å². The molecule has 2 aromatic rings. The highest BCUT2D eigenvalue weighted by atomic mass is 16.5. The maximum Gasteiger partial charge on any atom is 0.409 e. The van der Waals surface area contributed by atoms with Crippen molar-refractivity contribution in [2.45, 2.75) is 32.1 Å². The number of nitrogens with zero attached hydrogens (tertiary/aromatic N) is 2. The minimum Gasteiger partial charge on any atom is -0.492 e. The van der Waals surface area contributed by atoms with Crippen molar-refractivity contribution >= 4 is 11.8 Å². The van der Waals surface area contributed by atoms with Crippen LogP contribution in [0.3, 0.4) is 0 Å². The van der Waals surface area contributed by atoms with Crippen LogP contribution in [0.5, 0.6) is 5.75 Å². The van der Waals surface area contributed by atoms with E-state index in [1.807, 2.05) is 6.07 Å². The Kier molecular flexibility index (Phi) is 7.28. The highest BCUT2D eigenvalue weighted by Gasteiger charge is 2.12. The normalized spacial score (nSPS) is 13.0. The van der Waals surface area contributed by atoms with E-state index in [1.165, 1.54) is 32.1 Å². The van der Waals surface area contributed by atoms with E-state index in [4.69, 9.17) is 15.6 Å². The first-order valence-corrected chi connectivity index (χ1v) is 8.57. The van der Waals surface area contributed by atoms with Crippen LogP contribution >= 0.6 is 0 Å². The Hall–Kier alpha value is -2.54. The lowest BCUT2D eigenvalue weighted by Crippen LogP contribution is -2.12. The standard InChI is InChI=1S/C13H16N4O3.C5H10/c1-17-11(4-6-15-17)10-8-9(16-13(18)19)2-3-12(10)20-7-5-14;1-2-4-5-3-1/h2-4,6,8,16H,5,7,14H2,1H3,(H,18,19);1-5H2. The quantitative estimate of drug-likeness (QED) is 0.769. The SMILES string of the molecule is C1CCCC1.Cn1nccc1-c1cc(NC(=O)O)ccc1OCCN. The van der Waals surface area contributed by atoms with E-state index in [0.717, 1.165) is 11.3 Å². The molecule has 4 N–H and O–H groups in total. The smallest absolute Gasteiger partial charge is 0.409 e. The summed E-state index contributed by atoms with van der Waals surface area (Å²) in [6.45, 7) is 0.788. The number of nitrogens with two attached hydrogens (primary N) is 1. The van der Waals surface area contributed by atoms with Crippen LogP contribution in [0, 0.1) is 0 Å². The Morgan fingerprint density at radius 1 is 1.28 bits per heavy atom. The molecule has 1 amide bonds. The minimum atomic E-state index is -1.11. The van der Waals surface area contributed by atoms with Gasteiger partial charge in [0.2, 0.25) is 0 Å². The molecule has 7 nitrogen and oxygen atoms in total. The van der Waals surface area contributed by atoms with Crippen molar-refractivity contribution in [3.63, 3.8) is 0 Å². The third-order valence-electron chi connectivity index (χ3n) is 3.95. The van der Waals surface area contributed by atoms with Gasteiger partial charge in [-0.3, -0.25) is 10.00 Å². The van der Waals surface area contributed by atoms with Gasteiger partial charge < -0.3 is 15.6 Å². The van der Waals surface area contributed by atoms with Crippen LogP contribution in [0.4, 0.5) is 10.5 Å². The molecular formula is C18H26N4O3. The molecule has 1 aliphatic carbocycles. The molecule has 0 atom stereocenters. The number of aromatic nitrogens is 2. The van der Waals surface area contributed by atoms with E-state index >= 15 is 0 Å². The molecule has 0 spiro atoms. The predicted octanol–water partition coefficient (Wildman–Crippen LogP) is 3.47. The number of nitrogens with one attached hydrogen (secondary N) is 1. The minimum absolute atomic E-state index is 0.385. The second kappa shape index (κ2) is 9.68. The summed E-state index contributed by atoms with van der Waals surface area (Å²) in [7, 11) is 1.80. The molecule has 1 fully saturated rings. The molecule has 1 aliphatic rings. The molecule has 7 heteroatoms. The lowest BCUT2D eigenvalue weighted by atomic mass is 10.1. The average Bonchev–Trinajstić information content (AvgIpc) is 3.27. The van der Waals surface area contributed by atoms with Crippen molar-refractivity contribution in [3.8, 4) is 17.0 Å². The highest BCUT2D eigenvalue weighted by Crippen LogP contribution is 2.32. The summed E-state index contributed by atoms with van der Waals surface area (Å²) in [6.07, 6.45) is 8.05. The molecule has 1 heterocycles. The molecule has 0 radical (unpaired) electrons. The van der Waals surface area contributed by atoms with E-state index in [-0.39, 0.29) is 0 Å². The van der Waals surface area contributed by atoms with Gasteiger partial charge in [0.1, 0.15) is 12.4 Å². The number of benzene rings is 1. The first-order chi connectivity index (χ1) is 12.1. The number of hydrogen-bond donors (Lipinski definition) is 3. The Morgan fingerprint density at radius 2 is 1.96 bits per heavy atom. The summed E-state index contributed by atoms with van der Waals surface area (Å²) in [6, 6.07) is 6.88. The lowest BCUT2D eigenvalue weighted by molar-refractivity contribution is 0.209. The van der Waals surface area contributed by atoms with Crippen LogP contribution < -0.4 is 15.8 Å². The van der Waals surface area contributed by atoms with Gasteiger partial charge in [-0.15, -0.1) is 0 Å². The van der Waals surface area contributed by atoms with E-state index in [2.05, 4.69) is 10.4 Å². The first kappa shape index (κ1) is 18.8. The second-order valence-electron chi connectivity index (χ2n) is 5.89. The summed E-state index contributed by atoms with van der Waals surface area (Å²) < 4.78 is 7.27. The molecule has 0 aliphatic heterocycles. The molecule has 3 rings (SSSR count). The number of rotatable bonds is 5. The van der Waals surface area contributed by atoms with Crippen molar-refractivity contribution in [2.75, 3.05) is 18.5 Å². The average molecular weight is 346 g/mol. The van der Waals surface area contributed by atoms with Crippen LogP contribution in [-0.2, 0) is 7.05 Å². The molecular weight excluding hydrogens is 320 g/mol. The number of anilines is 1. The molecule has 0 unspecified atom stereocenters. The summed E-state index contributed by atoms with van der Waals surface area (Å²) in [5.74, 6) is 0.634. The van der Waals surface area contributed by atoms with E-state index < -0.39 is 6.09 Å². The van der Waals surface area contributed by atoms with Crippen molar-refractivity contribution in [1.82, 2.24) is 9.78 Å². The zero-order valence-corrected chi connectivity index (χ0v) is 14.6. The zero-order valence-electron chi connectivity index (χ0n) is 14.6. The van der Waals surface area contributed by atoms with Gasteiger partial charge in [-0.05, 0) is 24.3 Å². The van der Waals surface area contributed by atoms with Crippen molar-refractivity contribution in [2.24, 2.45) is 12.8 Å². The molecule has 1 aromatic carbocycles. The fraction of sp³-hybridized carbons (Fsp3) is 0.444. The molecule has 136 valence electrons. The monoisotopic (exact) mass is 346 g/mol. The number of carbonyl (C=O) groups is 1. The topological polar surface area (TPSA) is 102 Å². The summed E-state index contributed by atoms with van der Waals surface area (Å²) in [5, 5.41) is 15.2. The summed E-state index contributed by atoms with van der Waals surface area (Å²) >= 11 is 0. The van der Waals surface area contributed by atoms with E-state index in [1.54, 1.807) is 36.1 Å². The molecule has 25 heavy (non-hydrogen) atoms. The Bertz CT molecular complexity index is 673. The summed E-state index contributed by atoms with van der Waals surface area (Å²) in [4.78, 5) is 10.7. The van der Waals surface area contributed by atoms with E-state index in [0.29, 0.717) is 24.6 Å². The van der Waals surface area contributed by atoms with Crippen molar-refractivity contribution in [3.05, 3.63) is 30.5 Å². The van der Waals surface area contributed by atoms with Gasteiger partial charge in [0.05, 0.1) is 5.69 Å². The fourth-order valence-corrected chi connectivity index (χ4v) is 2.75. The number of amides is 1. The molecule has 1 aromatic heterocycles. The number of ether oxygens (including phenoxy) is 1. The molecule has 1 saturated carbocycles. The number of carboxylic acid groups (broad SMARTS) is 1. The van der Waals surface area contributed by atoms with Gasteiger partial charge in [0, 0.05) is 31.0 Å². The highest BCUT2D eigenvalue weighted by molar-refractivity contribution is 5.85. The van der Waals surface area contributed by atoms with Crippen LogP contribution in [-0.4, -0.2) is 34.1 Å². The predicted molar refractivity (Wildman–Crippen MR) is 97.9 cm³/mol. The van der Waals surface area contributed by atoms with Gasteiger partial charge in [-0.2, -0.15) is 5.10 Å². The Balaban J connectivity index is 0.000000386. The van der Waals surface area contributed by atoms with Crippen molar-refractivity contribution < 1.29 is 14.6 Å². The summed E-state index contributed by atoms with van der Waals surface area (Å²) in [5.41, 5.74) is 7.48. The lowest BCUT2D eigenvalue weighted by Gasteiger charge is -2.13. The maximum atomic E-state index is 10.7. The van der Waals surface area contributed by atoms with Crippen LogP contribution in [0.2, 0.25) is 0 Å². The van der Waals surface area contributed by atoms with Crippen molar-refractivity contribution in [1.29, 1.82) is 0 Å². The molecule has 0 saturated heterocycles. The van der Waals surface area contributed by atoms with Gasteiger partial charge in [-0.25, -0.2) is 4.79 Å². The molecule has 0 bridgehead atoms. The zero-order chi connectivity index (χ0) is 18.1. The van der Waals surface area contributed by atoms with Crippen LogP contribution in [0.1, 0.15) is 32.1 Å². The first-order valence-electron chi connectivity index (χ1n) is 8.57. The Morgan fingerprint density at radius 3 is 2.48 bits per heavy atom. The van der Waals surface area contributed by atoms with Crippen LogP contribution in [0.25, 0.3) is 11.3 Å². The van der Waals surface area contributed by atoms with Gasteiger partial charge in [0.25, 0.3) is 0 Å². The number of hydrogen-bond acceptors (Lipinski definition) is 4. The largest absolute Gasteiger partial charge is 0.492 e. The Labute approximate surface area is 147 Å². The second-order valence-corrected chi connectivity index (χ2v) is 5.89. The number of aryl methyl sites for hydroxylation is 1. The third kappa shape index (κ3) is 5.79. The fourth-order valence-electron chi connectivity index (χ4n) is 2.75.